The molecule has 0 amide bonds. The summed E-state index contributed by atoms with van der Waals surface area (Å²) in [5, 5.41) is 12.6. The van der Waals surface area contributed by atoms with Gasteiger partial charge in [-0.1, -0.05) is 13.8 Å². The number of rotatable bonds is 10. The first-order chi connectivity index (χ1) is 10.1. The number of benzene rings is 1. The van der Waals surface area contributed by atoms with Crippen molar-refractivity contribution in [3.05, 3.63) is 24.3 Å². The molecule has 1 aromatic rings. The zero-order valence-electron chi connectivity index (χ0n) is 13.0. The second-order valence-electron chi connectivity index (χ2n) is 4.90. The minimum absolute atomic E-state index is 0.601. The first kappa shape index (κ1) is 17.9. The number of carbonyl (C=O) groups is 1. The molecule has 5 heteroatoms. The van der Waals surface area contributed by atoms with Crippen LogP contribution in [0.3, 0.4) is 0 Å². The molecule has 118 valence electrons. The number of likely N-dealkylation sites (N-methyl/N-ethyl adjacent to an activating group) is 1. The Morgan fingerprint density at radius 3 is 2.48 bits per heavy atom. The van der Waals surface area contributed by atoms with E-state index in [4.69, 9.17) is 4.74 Å². The molecule has 0 bridgehead atoms. The second kappa shape index (κ2) is 8.95. The third kappa shape index (κ3) is 5.25. The number of methoxy groups -OCH3 is 1. The summed E-state index contributed by atoms with van der Waals surface area (Å²) in [7, 11) is 1.65. The highest BCUT2D eigenvalue weighted by atomic mass is 32.2. The molecule has 0 spiro atoms. The van der Waals surface area contributed by atoms with Gasteiger partial charge < -0.3 is 15.2 Å². The van der Waals surface area contributed by atoms with Gasteiger partial charge in [-0.25, -0.2) is 0 Å². The van der Waals surface area contributed by atoms with Gasteiger partial charge in [-0.3, -0.25) is 4.79 Å². The number of carboxylic acids is 1. The highest BCUT2D eigenvalue weighted by Crippen LogP contribution is 2.25. The monoisotopic (exact) mass is 311 g/mol. The van der Waals surface area contributed by atoms with Crippen LogP contribution in [0.25, 0.3) is 0 Å². The van der Waals surface area contributed by atoms with E-state index in [2.05, 4.69) is 5.32 Å². The molecular weight excluding hydrogens is 286 g/mol. The fourth-order valence-electron chi connectivity index (χ4n) is 2.30. The molecule has 21 heavy (non-hydrogen) atoms. The number of thioether (sulfide) groups is 1. The predicted octanol–water partition coefficient (Wildman–Crippen LogP) is 3.41. The largest absolute Gasteiger partial charge is 0.497 e. The molecule has 1 rings (SSSR count). The lowest BCUT2D eigenvalue weighted by Crippen LogP contribution is -2.51. The molecule has 0 aliphatic rings. The van der Waals surface area contributed by atoms with Gasteiger partial charge >= 0.3 is 5.97 Å². The zero-order valence-corrected chi connectivity index (χ0v) is 13.8. The van der Waals surface area contributed by atoms with Crippen molar-refractivity contribution in [1.82, 2.24) is 5.32 Å². The van der Waals surface area contributed by atoms with Crippen LogP contribution in [-0.4, -0.2) is 36.0 Å². The average Bonchev–Trinajstić information content (AvgIpc) is 2.50. The Morgan fingerprint density at radius 2 is 2.00 bits per heavy atom. The molecule has 4 nitrogen and oxygen atoms in total. The maximum Gasteiger partial charge on any atom is 0.323 e. The van der Waals surface area contributed by atoms with Crippen molar-refractivity contribution in [2.75, 3.05) is 19.4 Å². The van der Waals surface area contributed by atoms with E-state index in [0.717, 1.165) is 17.9 Å². The standard InChI is InChI=1S/C16H25NO3S/c1-4-16(15(18)19,17-5-2)11-6-12-21-14-9-7-13(20-3)8-10-14/h7-10,17H,4-6,11-12H2,1-3H3,(H,18,19). The van der Waals surface area contributed by atoms with Crippen molar-refractivity contribution in [2.24, 2.45) is 0 Å². The Bertz CT molecular complexity index is 436. The van der Waals surface area contributed by atoms with Crippen molar-refractivity contribution in [3.8, 4) is 5.75 Å². The number of hydrogen-bond acceptors (Lipinski definition) is 4. The van der Waals surface area contributed by atoms with E-state index in [1.54, 1.807) is 18.9 Å². The van der Waals surface area contributed by atoms with Gasteiger partial charge in [0.25, 0.3) is 0 Å². The highest BCUT2D eigenvalue weighted by molar-refractivity contribution is 7.99. The fraction of sp³-hybridized carbons (Fsp3) is 0.562. The molecule has 0 radical (unpaired) electrons. The molecule has 1 unspecified atom stereocenters. The van der Waals surface area contributed by atoms with Crippen molar-refractivity contribution < 1.29 is 14.6 Å². The van der Waals surface area contributed by atoms with Gasteiger partial charge in [0.1, 0.15) is 11.3 Å². The third-order valence-corrected chi connectivity index (χ3v) is 4.70. The van der Waals surface area contributed by atoms with Gasteiger partial charge in [-0.05, 0) is 55.8 Å². The molecule has 0 saturated carbocycles. The van der Waals surface area contributed by atoms with Crippen LogP contribution in [0.4, 0.5) is 0 Å². The molecule has 0 fully saturated rings. The predicted molar refractivity (Wildman–Crippen MR) is 87.3 cm³/mol. The maximum absolute atomic E-state index is 11.5. The summed E-state index contributed by atoms with van der Waals surface area (Å²) >= 11 is 1.74. The lowest BCUT2D eigenvalue weighted by Gasteiger charge is -2.29. The second-order valence-corrected chi connectivity index (χ2v) is 6.07. The lowest BCUT2D eigenvalue weighted by atomic mass is 9.91. The molecule has 1 atom stereocenters. The molecule has 0 aliphatic heterocycles. The molecule has 2 N–H and O–H groups in total. The van der Waals surface area contributed by atoms with E-state index < -0.39 is 11.5 Å². The minimum Gasteiger partial charge on any atom is -0.497 e. The van der Waals surface area contributed by atoms with E-state index >= 15 is 0 Å². The Kier molecular flexibility index (Phi) is 7.61. The smallest absolute Gasteiger partial charge is 0.323 e. The minimum atomic E-state index is -0.783. The van der Waals surface area contributed by atoms with Crippen LogP contribution in [0.1, 0.15) is 33.1 Å². The van der Waals surface area contributed by atoms with Crippen molar-refractivity contribution in [3.63, 3.8) is 0 Å². The molecular formula is C16H25NO3S. The normalized spacial score (nSPS) is 13.7. The number of ether oxygens (including phenoxy) is 1. The Morgan fingerprint density at radius 1 is 1.33 bits per heavy atom. The first-order valence-electron chi connectivity index (χ1n) is 7.33. The summed E-state index contributed by atoms with van der Waals surface area (Å²) in [6, 6.07) is 7.93. The summed E-state index contributed by atoms with van der Waals surface area (Å²) in [5.74, 6) is 1.01. The van der Waals surface area contributed by atoms with Gasteiger partial charge in [0.15, 0.2) is 0 Å². The van der Waals surface area contributed by atoms with E-state index in [1.165, 1.54) is 4.90 Å². The van der Waals surface area contributed by atoms with Crippen LogP contribution in [0, 0.1) is 0 Å². The fourth-order valence-corrected chi connectivity index (χ4v) is 3.15. The number of nitrogens with one attached hydrogen (secondary N) is 1. The van der Waals surface area contributed by atoms with E-state index in [1.807, 2.05) is 38.1 Å². The van der Waals surface area contributed by atoms with Crippen LogP contribution in [0.2, 0.25) is 0 Å². The quantitative estimate of drug-likeness (QED) is 0.512. The molecule has 0 aromatic heterocycles. The average molecular weight is 311 g/mol. The van der Waals surface area contributed by atoms with E-state index in [0.29, 0.717) is 19.4 Å². The molecule has 1 aromatic carbocycles. The number of aliphatic carboxylic acids is 1. The lowest BCUT2D eigenvalue weighted by molar-refractivity contribution is -0.145. The molecule has 0 saturated heterocycles. The van der Waals surface area contributed by atoms with E-state index in [9.17, 15) is 9.90 Å². The van der Waals surface area contributed by atoms with Crippen LogP contribution in [-0.2, 0) is 4.79 Å². The SMILES string of the molecule is CCNC(CC)(CCCSc1ccc(OC)cc1)C(=O)O. The Balaban J connectivity index is 2.45. The summed E-state index contributed by atoms with van der Waals surface area (Å²) in [6.07, 6.45) is 2.11. The summed E-state index contributed by atoms with van der Waals surface area (Å²) in [4.78, 5) is 12.7. The molecule has 0 aliphatic carbocycles. The van der Waals surface area contributed by atoms with Gasteiger partial charge in [0, 0.05) is 4.90 Å². The van der Waals surface area contributed by atoms with Gasteiger partial charge in [-0.15, -0.1) is 11.8 Å². The zero-order chi connectivity index (χ0) is 15.7. The van der Waals surface area contributed by atoms with Crippen LogP contribution in [0.5, 0.6) is 5.75 Å². The number of carboxylic acid groups (broad SMARTS) is 1. The Labute approximate surface area is 131 Å². The van der Waals surface area contributed by atoms with Crippen molar-refractivity contribution >= 4 is 17.7 Å². The van der Waals surface area contributed by atoms with Gasteiger partial charge in [-0.2, -0.15) is 0 Å². The van der Waals surface area contributed by atoms with Gasteiger partial charge in [0.05, 0.1) is 7.11 Å². The van der Waals surface area contributed by atoms with Crippen molar-refractivity contribution in [2.45, 2.75) is 43.5 Å². The highest BCUT2D eigenvalue weighted by Gasteiger charge is 2.34. The van der Waals surface area contributed by atoms with Crippen LogP contribution in [0.15, 0.2) is 29.2 Å². The first-order valence-corrected chi connectivity index (χ1v) is 8.31. The molecule has 0 heterocycles. The number of hydrogen-bond donors (Lipinski definition) is 2. The topological polar surface area (TPSA) is 58.6 Å². The summed E-state index contributed by atoms with van der Waals surface area (Å²) in [6.45, 7) is 4.54. The third-order valence-electron chi connectivity index (χ3n) is 3.60. The van der Waals surface area contributed by atoms with Crippen LogP contribution >= 0.6 is 11.8 Å². The summed E-state index contributed by atoms with van der Waals surface area (Å²) in [5.41, 5.74) is -0.783. The van der Waals surface area contributed by atoms with Crippen molar-refractivity contribution in [1.29, 1.82) is 0 Å². The Hall–Kier alpha value is -1.20. The maximum atomic E-state index is 11.5. The summed E-state index contributed by atoms with van der Waals surface area (Å²) < 4.78 is 5.12. The van der Waals surface area contributed by atoms with Gasteiger partial charge in [0.2, 0.25) is 0 Å². The van der Waals surface area contributed by atoms with Crippen LogP contribution < -0.4 is 10.1 Å². The van der Waals surface area contributed by atoms with E-state index in [-0.39, 0.29) is 0 Å².